The molecule has 0 unspecified atom stereocenters. The number of halogens is 1. The SMILES string of the molecule is CC1(C)c2ccccc2-c2ccc(N(c3ccc(-c4ccccc4)cc3)c3ccc4c(c3)c3ccccc3n4-c3ccccc3)cc21.Fc1ccc(N(c2ccc(-c3ccccc3)cc2)c2ccc(-c3ccc4c5cc6ccccc6cc5n(-c5ccc6sc7ccccc7c6c5)c4c3)cc2)cn1.c1ccc(-c2ccc(N(c3ccc(-c4ccccc4)cc3)c3ccc4c(c3)c3ccccc3n4-c3ccccc3)cc2)cc1. The number of hydrogen-bond donors (Lipinski definition) is 0. The van der Waals surface area contributed by atoms with E-state index in [1.54, 1.807) is 12.3 Å². The Morgan fingerprint density at radius 1 is 0.204 bits per heavy atom. The van der Waals surface area contributed by atoms with Crippen molar-refractivity contribution in [3.63, 3.8) is 0 Å². The molecule has 0 amide bonds. The lowest BCUT2D eigenvalue weighted by Gasteiger charge is -2.28. The lowest BCUT2D eigenvalue weighted by molar-refractivity contribution is 0.584. The summed E-state index contributed by atoms with van der Waals surface area (Å²) in [5.74, 6) is -0.507. The van der Waals surface area contributed by atoms with E-state index in [9.17, 15) is 4.39 Å². The first kappa shape index (κ1) is 88.4. The monoisotopic (exact) mass is 1900 g/mol. The highest BCUT2D eigenvalue weighted by Crippen LogP contribution is 2.53. The number of benzene rings is 22. The molecule has 5 aromatic heterocycles. The van der Waals surface area contributed by atoms with Gasteiger partial charge in [-0.1, -0.05) is 354 Å². The summed E-state index contributed by atoms with van der Waals surface area (Å²) < 4.78 is 23.8. The first-order chi connectivity index (χ1) is 72.5. The number of aromatic nitrogens is 4. The van der Waals surface area contributed by atoms with Gasteiger partial charge in [0.15, 0.2) is 0 Å². The molecular weight excluding hydrogens is 1810 g/mol. The molecule has 0 fully saturated rings. The fourth-order valence-corrected chi connectivity index (χ4v) is 23.2. The topological polar surface area (TPSA) is 37.4 Å². The number of rotatable bonds is 17. The van der Waals surface area contributed by atoms with Crippen LogP contribution in [0.1, 0.15) is 25.0 Å². The van der Waals surface area contributed by atoms with Gasteiger partial charge in [-0.05, 0) is 289 Å². The van der Waals surface area contributed by atoms with Crippen molar-refractivity contribution in [2.75, 3.05) is 14.7 Å². The van der Waals surface area contributed by atoms with E-state index in [2.05, 4.69) is 557 Å². The van der Waals surface area contributed by atoms with Gasteiger partial charge in [-0.15, -0.1) is 11.3 Å². The number of hydrogen-bond acceptors (Lipinski definition) is 5. The van der Waals surface area contributed by atoms with Crippen molar-refractivity contribution in [1.82, 2.24) is 18.7 Å². The molecule has 0 saturated carbocycles. The van der Waals surface area contributed by atoms with E-state index in [4.69, 9.17) is 0 Å². The second-order valence-corrected chi connectivity index (χ2v) is 39.4. The quantitative estimate of drug-likeness (QED) is 0.0852. The molecule has 0 spiro atoms. The van der Waals surface area contributed by atoms with Gasteiger partial charge in [0.25, 0.3) is 0 Å². The minimum Gasteiger partial charge on any atom is -0.310 e. The first-order valence-corrected chi connectivity index (χ1v) is 50.9. The van der Waals surface area contributed by atoms with Crippen molar-refractivity contribution in [2.45, 2.75) is 19.3 Å². The summed E-state index contributed by atoms with van der Waals surface area (Å²) >= 11 is 1.84. The van der Waals surface area contributed by atoms with E-state index in [0.29, 0.717) is 0 Å². The van der Waals surface area contributed by atoms with Crippen LogP contribution < -0.4 is 14.7 Å². The summed E-state index contributed by atoms with van der Waals surface area (Å²) in [7, 11) is 0. The Kier molecular flexibility index (Phi) is 22.6. The number of fused-ring (bicyclic) bond motifs is 16. The molecule has 27 aromatic rings. The van der Waals surface area contributed by atoms with E-state index in [1.165, 1.54) is 158 Å². The van der Waals surface area contributed by atoms with Crippen LogP contribution in [-0.2, 0) is 5.41 Å². The molecule has 696 valence electrons. The Hall–Kier alpha value is -18.8. The number of para-hydroxylation sites is 4. The van der Waals surface area contributed by atoms with Crippen LogP contribution in [0.2, 0.25) is 0 Å². The van der Waals surface area contributed by atoms with Crippen LogP contribution >= 0.6 is 11.3 Å². The van der Waals surface area contributed by atoms with Crippen LogP contribution in [0.15, 0.2) is 546 Å². The number of anilines is 9. The number of pyridine rings is 1. The predicted octanol–water partition coefficient (Wildman–Crippen LogP) is 38.5. The summed E-state index contributed by atoms with van der Waals surface area (Å²) in [6, 6.07) is 193. The highest BCUT2D eigenvalue weighted by atomic mass is 32.1. The van der Waals surface area contributed by atoms with Gasteiger partial charge in [-0.3, -0.25) is 0 Å². The van der Waals surface area contributed by atoms with Crippen molar-refractivity contribution in [1.29, 1.82) is 0 Å². The van der Waals surface area contributed by atoms with E-state index in [-0.39, 0.29) is 5.41 Å². The largest absolute Gasteiger partial charge is 0.310 e. The lowest BCUT2D eigenvalue weighted by Crippen LogP contribution is -2.16. The second-order valence-electron chi connectivity index (χ2n) is 38.3. The van der Waals surface area contributed by atoms with Crippen molar-refractivity contribution in [3.8, 4) is 83.8 Å². The van der Waals surface area contributed by atoms with Crippen LogP contribution in [0, 0.1) is 5.95 Å². The third-order valence-corrected chi connectivity index (χ3v) is 30.4. The molecule has 0 saturated heterocycles. The predicted molar refractivity (Wildman–Crippen MR) is 619 cm³/mol. The normalized spacial score (nSPS) is 12.0. The lowest BCUT2D eigenvalue weighted by atomic mass is 9.82. The van der Waals surface area contributed by atoms with Crippen molar-refractivity contribution >= 4 is 159 Å². The summed E-state index contributed by atoms with van der Waals surface area (Å²) in [5.41, 5.74) is 37.2. The summed E-state index contributed by atoms with van der Waals surface area (Å²) in [6.07, 6.45) is 1.58. The van der Waals surface area contributed by atoms with Gasteiger partial charge in [0.2, 0.25) is 5.95 Å². The van der Waals surface area contributed by atoms with E-state index in [1.807, 2.05) is 29.5 Å². The van der Waals surface area contributed by atoms with Gasteiger partial charge in [-0.2, -0.15) is 4.39 Å². The molecule has 0 radical (unpaired) electrons. The molecule has 0 aliphatic heterocycles. The molecule has 9 heteroatoms. The maximum atomic E-state index is 14.0. The Labute approximate surface area is 856 Å². The molecule has 1 aliphatic carbocycles. The van der Waals surface area contributed by atoms with Crippen molar-refractivity contribution in [2.24, 2.45) is 0 Å². The fourth-order valence-electron chi connectivity index (χ4n) is 22.1. The van der Waals surface area contributed by atoms with Gasteiger partial charge in [0, 0.05) is 120 Å². The van der Waals surface area contributed by atoms with Crippen LogP contribution in [0.4, 0.5) is 55.6 Å². The first-order valence-electron chi connectivity index (χ1n) is 50.1. The minimum absolute atomic E-state index is 0.0855. The van der Waals surface area contributed by atoms with Gasteiger partial charge < -0.3 is 28.4 Å². The minimum atomic E-state index is -0.507. The second kappa shape index (κ2) is 37.6. The zero-order chi connectivity index (χ0) is 98.0. The molecule has 0 atom stereocenters. The van der Waals surface area contributed by atoms with Gasteiger partial charge in [-0.25, -0.2) is 4.98 Å². The molecule has 5 heterocycles. The highest BCUT2D eigenvalue weighted by molar-refractivity contribution is 7.25. The van der Waals surface area contributed by atoms with Crippen LogP contribution in [0.25, 0.3) is 180 Å². The molecule has 28 rings (SSSR count). The van der Waals surface area contributed by atoms with Crippen LogP contribution in [0.5, 0.6) is 0 Å². The summed E-state index contributed by atoms with van der Waals surface area (Å²) in [5, 5.41) is 12.4. The van der Waals surface area contributed by atoms with Crippen LogP contribution in [-0.4, -0.2) is 18.7 Å². The average molecular weight is 1900 g/mol. The van der Waals surface area contributed by atoms with Crippen molar-refractivity contribution in [3.05, 3.63) is 563 Å². The standard InChI is InChI=1S/C51H32FN3S.C45H34N2.C42H30N2/c52-51-27-24-42(32-53-51)54(39-19-14-34(15-20-39)33-8-2-1-3-9-33)40-21-16-35(17-22-40)38-18-25-43-45-28-36-10-4-5-11-37(36)29-48(45)55(47(43)30-38)41-23-26-50-46(31-41)44-12-6-7-13-49(44)56-50;1-45(2)41-19-11-9-17-37(41)38-27-25-36(30-42(38)45)46(34-23-21-32(22-24-34)31-13-5-3-6-14-31)35-26-28-44-40(29-35)39-18-10-12-20-43(39)47(44)33-15-7-4-8-16-33;1-4-12-31(13-5-1)33-20-24-36(25-21-33)43(37-26-22-34(23-27-37)32-14-6-2-7-15-32)38-28-29-42-40(30-38)39-18-10-11-19-41(39)44(42)35-16-8-3-9-17-35/h1-32H;3-30H,1-2H3;1-30H. The molecule has 0 bridgehead atoms. The van der Waals surface area contributed by atoms with Gasteiger partial charge in [0.1, 0.15) is 0 Å². The van der Waals surface area contributed by atoms with E-state index in [0.717, 1.165) is 90.3 Å². The number of nitrogens with zero attached hydrogens (tertiary/aromatic N) is 7. The highest BCUT2D eigenvalue weighted by Gasteiger charge is 2.36. The van der Waals surface area contributed by atoms with Crippen LogP contribution in [0.3, 0.4) is 0 Å². The Bertz CT molecular complexity index is 9500. The molecular formula is C138H96FN7S. The Morgan fingerprint density at radius 3 is 1.03 bits per heavy atom. The van der Waals surface area contributed by atoms with E-state index >= 15 is 0 Å². The maximum absolute atomic E-state index is 14.0. The van der Waals surface area contributed by atoms with Gasteiger partial charge >= 0.3 is 0 Å². The number of thiophene rings is 1. The molecule has 1 aliphatic rings. The summed E-state index contributed by atoms with van der Waals surface area (Å²) in [4.78, 5) is 10.9. The Balaban J connectivity index is 0.000000113. The molecule has 0 N–H and O–H groups in total. The third-order valence-electron chi connectivity index (χ3n) is 29.3. The molecule has 147 heavy (non-hydrogen) atoms. The zero-order valence-electron chi connectivity index (χ0n) is 80.9. The summed E-state index contributed by atoms with van der Waals surface area (Å²) in [6.45, 7) is 4.70. The van der Waals surface area contributed by atoms with Gasteiger partial charge in [0.05, 0.1) is 45.0 Å². The van der Waals surface area contributed by atoms with Crippen molar-refractivity contribution < 1.29 is 4.39 Å². The average Bonchev–Trinajstić information content (AvgIpc) is 1.57. The smallest absolute Gasteiger partial charge is 0.212 e. The Morgan fingerprint density at radius 2 is 0.537 bits per heavy atom. The zero-order valence-corrected chi connectivity index (χ0v) is 81.7. The fraction of sp³-hybridized carbons (Fsp3) is 0.0217. The van der Waals surface area contributed by atoms with E-state index < -0.39 is 5.95 Å². The maximum Gasteiger partial charge on any atom is 0.212 e. The molecule has 22 aromatic carbocycles. The third kappa shape index (κ3) is 16.4. The molecule has 7 nitrogen and oxygen atoms in total.